The molecule has 0 saturated heterocycles. The quantitative estimate of drug-likeness (QED) is 0.527. The number of phenolic OH excluding ortho intramolecular Hbond substituents is 1. The van der Waals surface area contributed by atoms with Gasteiger partial charge in [-0.25, -0.2) is 4.79 Å². The lowest BCUT2D eigenvalue weighted by Crippen LogP contribution is -2.09. The van der Waals surface area contributed by atoms with Crippen LogP contribution < -0.4 is 5.32 Å². The molecule has 3 rings (SSSR count). The van der Waals surface area contributed by atoms with Crippen LogP contribution in [0.3, 0.4) is 0 Å². The average molecular weight is 359 g/mol. The van der Waals surface area contributed by atoms with Crippen molar-refractivity contribution in [1.82, 2.24) is 4.98 Å². The third kappa shape index (κ3) is 3.83. The van der Waals surface area contributed by atoms with Gasteiger partial charge in [0.1, 0.15) is 11.3 Å². The van der Waals surface area contributed by atoms with E-state index in [0.29, 0.717) is 17.9 Å². The Morgan fingerprint density at radius 1 is 1.20 bits per heavy atom. The van der Waals surface area contributed by atoms with E-state index in [1.807, 2.05) is 25.1 Å². The van der Waals surface area contributed by atoms with Crippen molar-refractivity contribution in [3.05, 3.63) is 59.8 Å². The number of hydrogen-bond acceptors (Lipinski definition) is 5. The summed E-state index contributed by atoms with van der Waals surface area (Å²) in [5.74, 6) is -0.240. The monoisotopic (exact) mass is 358 g/mol. The third-order valence-electron chi connectivity index (χ3n) is 3.73. The highest BCUT2D eigenvalue weighted by Crippen LogP contribution is 2.31. The Morgan fingerprint density at radius 2 is 1.92 bits per heavy atom. The Bertz CT molecular complexity index is 895. The average Bonchev–Trinajstić information content (AvgIpc) is 2.58. The molecule has 3 aromatic rings. The van der Waals surface area contributed by atoms with Gasteiger partial charge in [0.15, 0.2) is 0 Å². The van der Waals surface area contributed by atoms with Crippen LogP contribution in [-0.2, 0) is 4.74 Å². The van der Waals surface area contributed by atoms with E-state index in [0.717, 1.165) is 22.2 Å². The maximum Gasteiger partial charge on any atom is 0.341 e. The zero-order chi connectivity index (χ0) is 17.1. The smallest absolute Gasteiger partial charge is 0.341 e. The largest absolute Gasteiger partial charge is 0.508 e. The van der Waals surface area contributed by atoms with Crippen LogP contribution in [0.1, 0.15) is 22.8 Å². The number of nitrogens with one attached hydrogen (secondary N) is 1. The van der Waals surface area contributed by atoms with Gasteiger partial charge in [0.05, 0.1) is 17.8 Å². The first-order chi connectivity index (χ1) is 11.6. The van der Waals surface area contributed by atoms with Crippen LogP contribution in [0.2, 0.25) is 0 Å². The standard InChI is InChI=1S/C19H18N2O3.ClH/c1-3-24-19(23)16-11-20-17-12(2)5-4-6-15(17)18(16)21-13-7-9-14(22)10-8-13;/h4-11,22H,3H2,1-2H3,(H,20,21);1H. The number of aromatic hydroxyl groups is 1. The summed E-state index contributed by atoms with van der Waals surface area (Å²) >= 11 is 0. The Morgan fingerprint density at radius 3 is 2.60 bits per heavy atom. The number of fused-ring (bicyclic) bond motifs is 1. The minimum absolute atomic E-state index is 0. The van der Waals surface area contributed by atoms with Crippen molar-refractivity contribution in [3.63, 3.8) is 0 Å². The van der Waals surface area contributed by atoms with Crippen molar-refractivity contribution >= 4 is 40.7 Å². The number of esters is 1. The fourth-order valence-electron chi connectivity index (χ4n) is 2.56. The van der Waals surface area contributed by atoms with Crippen LogP contribution in [0.5, 0.6) is 5.75 Å². The number of rotatable bonds is 4. The van der Waals surface area contributed by atoms with E-state index < -0.39 is 5.97 Å². The number of aromatic nitrogens is 1. The molecular formula is C19H19ClN2O3. The zero-order valence-electron chi connectivity index (χ0n) is 13.9. The minimum atomic E-state index is -0.422. The minimum Gasteiger partial charge on any atom is -0.508 e. The van der Waals surface area contributed by atoms with Crippen molar-refractivity contribution in [3.8, 4) is 5.75 Å². The van der Waals surface area contributed by atoms with Gasteiger partial charge in [-0.1, -0.05) is 18.2 Å². The number of benzene rings is 2. The van der Waals surface area contributed by atoms with Gasteiger partial charge in [0.2, 0.25) is 0 Å². The highest BCUT2D eigenvalue weighted by atomic mass is 35.5. The van der Waals surface area contributed by atoms with Crippen LogP contribution in [0.15, 0.2) is 48.7 Å². The third-order valence-corrected chi connectivity index (χ3v) is 3.73. The number of carbonyl (C=O) groups is 1. The molecule has 0 amide bonds. The van der Waals surface area contributed by atoms with E-state index in [1.165, 1.54) is 6.20 Å². The van der Waals surface area contributed by atoms with E-state index in [1.54, 1.807) is 31.2 Å². The van der Waals surface area contributed by atoms with Gasteiger partial charge in [-0.05, 0) is 43.7 Å². The molecule has 130 valence electrons. The Balaban J connectivity index is 0.00000225. The molecule has 0 radical (unpaired) electrons. The number of phenols is 1. The Hall–Kier alpha value is -2.79. The number of anilines is 2. The van der Waals surface area contributed by atoms with Crippen molar-refractivity contribution in [2.75, 3.05) is 11.9 Å². The van der Waals surface area contributed by atoms with E-state index in [2.05, 4.69) is 10.3 Å². The molecular weight excluding hydrogens is 340 g/mol. The predicted molar refractivity (Wildman–Crippen MR) is 101 cm³/mol. The first-order valence-electron chi connectivity index (χ1n) is 7.71. The predicted octanol–water partition coefficient (Wildman–Crippen LogP) is 4.59. The first kappa shape index (κ1) is 18.5. The van der Waals surface area contributed by atoms with Gasteiger partial charge in [0.25, 0.3) is 0 Å². The topological polar surface area (TPSA) is 71.5 Å². The number of aryl methyl sites for hydroxylation is 1. The SMILES string of the molecule is CCOC(=O)c1cnc2c(C)cccc2c1Nc1ccc(O)cc1.Cl. The summed E-state index contributed by atoms with van der Waals surface area (Å²) in [6.45, 7) is 4.04. The normalized spacial score (nSPS) is 10.2. The molecule has 0 aliphatic rings. The molecule has 2 N–H and O–H groups in total. The van der Waals surface area contributed by atoms with Crippen LogP contribution in [0, 0.1) is 6.92 Å². The molecule has 0 unspecified atom stereocenters. The van der Waals surface area contributed by atoms with E-state index in [4.69, 9.17) is 4.74 Å². The summed E-state index contributed by atoms with van der Waals surface area (Å²) < 4.78 is 5.15. The van der Waals surface area contributed by atoms with Crippen LogP contribution >= 0.6 is 12.4 Å². The number of carbonyl (C=O) groups excluding carboxylic acids is 1. The molecule has 0 bridgehead atoms. The molecule has 5 nitrogen and oxygen atoms in total. The molecule has 0 fully saturated rings. The number of nitrogens with zero attached hydrogens (tertiary/aromatic N) is 1. The molecule has 1 heterocycles. The molecule has 6 heteroatoms. The number of para-hydroxylation sites is 1. The van der Waals surface area contributed by atoms with Crippen LogP contribution in [0.25, 0.3) is 10.9 Å². The second kappa shape index (κ2) is 7.85. The van der Waals surface area contributed by atoms with Gasteiger partial charge < -0.3 is 15.2 Å². The van der Waals surface area contributed by atoms with E-state index in [-0.39, 0.29) is 18.2 Å². The van der Waals surface area contributed by atoms with Crippen molar-refractivity contribution < 1.29 is 14.6 Å². The van der Waals surface area contributed by atoms with Gasteiger partial charge in [-0.15, -0.1) is 12.4 Å². The second-order valence-corrected chi connectivity index (χ2v) is 5.41. The maximum atomic E-state index is 12.3. The number of halogens is 1. The molecule has 0 saturated carbocycles. The highest BCUT2D eigenvalue weighted by Gasteiger charge is 2.17. The molecule has 2 aromatic carbocycles. The molecule has 0 aliphatic carbocycles. The molecule has 25 heavy (non-hydrogen) atoms. The Labute approximate surface area is 152 Å². The number of hydrogen-bond donors (Lipinski definition) is 2. The summed E-state index contributed by atoms with van der Waals surface area (Å²) in [6, 6.07) is 12.5. The van der Waals surface area contributed by atoms with Crippen molar-refractivity contribution in [2.45, 2.75) is 13.8 Å². The highest BCUT2D eigenvalue weighted by molar-refractivity contribution is 6.06. The molecule has 0 atom stereocenters. The van der Waals surface area contributed by atoms with Gasteiger partial charge in [0, 0.05) is 17.3 Å². The summed E-state index contributed by atoms with van der Waals surface area (Å²) in [6.07, 6.45) is 1.54. The fraction of sp³-hybridized carbons (Fsp3) is 0.158. The van der Waals surface area contributed by atoms with Crippen molar-refractivity contribution in [1.29, 1.82) is 0 Å². The van der Waals surface area contributed by atoms with Gasteiger partial charge >= 0.3 is 5.97 Å². The number of ether oxygens (including phenoxy) is 1. The van der Waals surface area contributed by atoms with E-state index in [9.17, 15) is 9.90 Å². The van der Waals surface area contributed by atoms with E-state index >= 15 is 0 Å². The lowest BCUT2D eigenvalue weighted by molar-refractivity contribution is 0.0527. The summed E-state index contributed by atoms with van der Waals surface area (Å²) in [5.41, 5.74) is 3.63. The van der Waals surface area contributed by atoms with Crippen LogP contribution in [-0.4, -0.2) is 22.7 Å². The maximum absolute atomic E-state index is 12.3. The van der Waals surface area contributed by atoms with Crippen molar-refractivity contribution in [2.24, 2.45) is 0 Å². The lowest BCUT2D eigenvalue weighted by atomic mass is 10.1. The summed E-state index contributed by atoms with van der Waals surface area (Å²) in [4.78, 5) is 16.7. The van der Waals surface area contributed by atoms with Gasteiger partial charge in [-0.3, -0.25) is 4.98 Å². The molecule has 1 aromatic heterocycles. The molecule has 0 spiro atoms. The summed E-state index contributed by atoms with van der Waals surface area (Å²) in [7, 11) is 0. The second-order valence-electron chi connectivity index (χ2n) is 5.41. The zero-order valence-corrected chi connectivity index (χ0v) is 14.8. The van der Waals surface area contributed by atoms with Gasteiger partial charge in [-0.2, -0.15) is 0 Å². The Kier molecular flexibility index (Phi) is 5.83. The van der Waals surface area contributed by atoms with Crippen LogP contribution in [0.4, 0.5) is 11.4 Å². The molecule has 0 aliphatic heterocycles. The lowest BCUT2D eigenvalue weighted by Gasteiger charge is -2.15. The fourth-order valence-corrected chi connectivity index (χ4v) is 2.56. The first-order valence-corrected chi connectivity index (χ1v) is 7.71. The summed E-state index contributed by atoms with van der Waals surface area (Å²) in [5, 5.41) is 13.5. The number of pyridine rings is 1.